The number of rotatable bonds is 2. The quantitative estimate of drug-likeness (QED) is 0.475. The van der Waals surface area contributed by atoms with Crippen LogP contribution in [-0.4, -0.2) is 12.7 Å². The maximum atomic E-state index is 8.04. The minimum Gasteiger partial charge on any atom is -0.373 e. The Kier molecular flexibility index (Phi) is 1.28. The van der Waals surface area contributed by atoms with E-state index in [1.807, 2.05) is 0 Å². The lowest BCUT2D eigenvalue weighted by Crippen LogP contribution is -1.80. The minimum absolute atomic E-state index is 0.430. The smallest absolute Gasteiger partial charge is 0.0819 e. The van der Waals surface area contributed by atoms with Crippen molar-refractivity contribution in [2.24, 2.45) is 0 Å². The van der Waals surface area contributed by atoms with E-state index in [2.05, 4.69) is 6.07 Å². The third-order valence-electron chi connectivity index (χ3n) is 0.980. The molecule has 0 aromatic carbocycles. The van der Waals surface area contributed by atoms with E-state index in [0.29, 0.717) is 12.5 Å². The fourth-order valence-corrected chi connectivity index (χ4v) is 0.460. The zero-order chi connectivity index (χ0) is 5.11. The zero-order valence-corrected chi connectivity index (χ0v) is 4.05. The van der Waals surface area contributed by atoms with Gasteiger partial charge in [-0.2, -0.15) is 5.26 Å². The standard InChI is InChI=1S/C5H7NO/c6-3-1-2-5-4-7-5/h5H,1-2,4H2. The normalized spacial score (nSPS) is 26.4. The highest BCUT2D eigenvalue weighted by Gasteiger charge is 2.20. The second-order valence-corrected chi connectivity index (χ2v) is 1.65. The van der Waals surface area contributed by atoms with Gasteiger partial charge >= 0.3 is 0 Å². The van der Waals surface area contributed by atoms with Crippen molar-refractivity contribution in [3.63, 3.8) is 0 Å². The molecule has 0 saturated carbocycles. The third-order valence-corrected chi connectivity index (χ3v) is 0.980. The van der Waals surface area contributed by atoms with Crippen molar-refractivity contribution in [1.82, 2.24) is 0 Å². The molecule has 1 unspecified atom stereocenters. The molecule has 1 fully saturated rings. The molecule has 2 nitrogen and oxygen atoms in total. The fraction of sp³-hybridized carbons (Fsp3) is 0.800. The predicted molar refractivity (Wildman–Crippen MR) is 24.6 cm³/mol. The van der Waals surface area contributed by atoms with Crippen LogP contribution in [0.15, 0.2) is 0 Å². The highest BCUT2D eigenvalue weighted by atomic mass is 16.6. The van der Waals surface area contributed by atoms with E-state index in [1.165, 1.54) is 0 Å². The number of nitriles is 1. The lowest BCUT2D eigenvalue weighted by molar-refractivity contribution is 0.398. The average Bonchev–Trinajstić information content (AvgIpc) is 2.42. The van der Waals surface area contributed by atoms with Gasteiger partial charge in [0.15, 0.2) is 0 Å². The van der Waals surface area contributed by atoms with Crippen molar-refractivity contribution in [3.05, 3.63) is 0 Å². The fourth-order valence-electron chi connectivity index (χ4n) is 0.460. The van der Waals surface area contributed by atoms with Crippen molar-refractivity contribution in [3.8, 4) is 6.07 Å². The van der Waals surface area contributed by atoms with Gasteiger partial charge in [-0.3, -0.25) is 0 Å². The van der Waals surface area contributed by atoms with Crippen LogP contribution in [0.5, 0.6) is 0 Å². The molecule has 1 aliphatic heterocycles. The Morgan fingerprint density at radius 3 is 3.00 bits per heavy atom. The molecule has 1 atom stereocenters. The first-order chi connectivity index (χ1) is 3.43. The molecule has 1 rings (SSSR count). The van der Waals surface area contributed by atoms with E-state index < -0.39 is 0 Å². The van der Waals surface area contributed by atoms with Crippen LogP contribution >= 0.6 is 0 Å². The zero-order valence-electron chi connectivity index (χ0n) is 4.05. The summed E-state index contributed by atoms with van der Waals surface area (Å²) in [4.78, 5) is 0. The van der Waals surface area contributed by atoms with Crippen LogP contribution in [-0.2, 0) is 4.74 Å². The Hall–Kier alpha value is -0.550. The van der Waals surface area contributed by atoms with Crippen molar-refractivity contribution >= 4 is 0 Å². The molecular formula is C5H7NO. The Morgan fingerprint density at radius 1 is 1.86 bits per heavy atom. The van der Waals surface area contributed by atoms with Gasteiger partial charge in [-0.05, 0) is 6.42 Å². The summed E-state index contributed by atoms with van der Waals surface area (Å²) in [6.07, 6.45) is 2.00. The van der Waals surface area contributed by atoms with Gasteiger partial charge in [0.2, 0.25) is 0 Å². The van der Waals surface area contributed by atoms with E-state index in [4.69, 9.17) is 10.00 Å². The highest BCUT2D eigenvalue weighted by Crippen LogP contribution is 2.14. The average molecular weight is 97.1 g/mol. The predicted octanol–water partition coefficient (Wildman–Crippen LogP) is 0.689. The number of ether oxygens (including phenoxy) is 1. The number of hydrogen-bond donors (Lipinski definition) is 0. The Labute approximate surface area is 42.7 Å². The molecule has 0 N–H and O–H groups in total. The SMILES string of the molecule is N#CCCC1CO1. The first kappa shape index (κ1) is 4.61. The summed E-state index contributed by atoms with van der Waals surface area (Å²) >= 11 is 0. The van der Waals surface area contributed by atoms with Gasteiger partial charge in [-0.25, -0.2) is 0 Å². The largest absolute Gasteiger partial charge is 0.373 e. The summed E-state index contributed by atoms with van der Waals surface area (Å²) in [7, 11) is 0. The van der Waals surface area contributed by atoms with Gasteiger partial charge in [0.05, 0.1) is 18.8 Å². The van der Waals surface area contributed by atoms with E-state index in [9.17, 15) is 0 Å². The maximum Gasteiger partial charge on any atom is 0.0819 e. The molecule has 38 valence electrons. The van der Waals surface area contributed by atoms with E-state index in [1.54, 1.807) is 0 Å². The second kappa shape index (κ2) is 1.94. The Balaban J connectivity index is 1.91. The Bertz CT molecular complexity index is 90.7. The molecule has 0 aromatic rings. The first-order valence-corrected chi connectivity index (χ1v) is 2.42. The molecule has 1 saturated heterocycles. The van der Waals surface area contributed by atoms with Crippen LogP contribution in [0, 0.1) is 11.3 Å². The maximum absolute atomic E-state index is 8.04. The van der Waals surface area contributed by atoms with E-state index >= 15 is 0 Å². The van der Waals surface area contributed by atoms with Crippen LogP contribution in [0.3, 0.4) is 0 Å². The van der Waals surface area contributed by atoms with Gasteiger partial charge in [0, 0.05) is 6.42 Å². The first-order valence-electron chi connectivity index (χ1n) is 2.42. The van der Waals surface area contributed by atoms with E-state index in [-0.39, 0.29) is 0 Å². The Morgan fingerprint density at radius 2 is 2.57 bits per heavy atom. The number of hydrogen-bond acceptors (Lipinski definition) is 2. The van der Waals surface area contributed by atoms with Gasteiger partial charge in [-0.15, -0.1) is 0 Å². The van der Waals surface area contributed by atoms with Crippen molar-refractivity contribution in [2.45, 2.75) is 18.9 Å². The molecule has 0 aliphatic carbocycles. The molecule has 0 radical (unpaired) electrons. The molecule has 0 spiro atoms. The lowest BCUT2D eigenvalue weighted by Gasteiger charge is -1.78. The van der Waals surface area contributed by atoms with Crippen LogP contribution in [0.25, 0.3) is 0 Å². The summed E-state index contributed by atoms with van der Waals surface area (Å²) in [6.45, 7) is 0.877. The summed E-state index contributed by atoms with van der Waals surface area (Å²) in [6, 6.07) is 2.06. The summed E-state index contributed by atoms with van der Waals surface area (Å²) in [5.41, 5.74) is 0. The molecule has 0 aromatic heterocycles. The molecule has 2 heteroatoms. The van der Waals surface area contributed by atoms with Crippen LogP contribution < -0.4 is 0 Å². The third kappa shape index (κ3) is 1.56. The summed E-state index contributed by atoms with van der Waals surface area (Å²) in [5, 5.41) is 8.04. The second-order valence-electron chi connectivity index (χ2n) is 1.65. The molecule has 7 heavy (non-hydrogen) atoms. The highest BCUT2D eigenvalue weighted by molar-refractivity contribution is 4.77. The topological polar surface area (TPSA) is 36.3 Å². The van der Waals surface area contributed by atoms with Gasteiger partial charge in [-0.1, -0.05) is 0 Å². The summed E-state index contributed by atoms with van der Waals surface area (Å²) < 4.78 is 4.86. The summed E-state index contributed by atoms with van der Waals surface area (Å²) in [5.74, 6) is 0. The molecule has 1 aliphatic rings. The molecule has 1 heterocycles. The number of epoxide rings is 1. The molecule has 0 amide bonds. The van der Waals surface area contributed by atoms with Crippen molar-refractivity contribution in [1.29, 1.82) is 5.26 Å². The monoisotopic (exact) mass is 97.1 g/mol. The van der Waals surface area contributed by atoms with Gasteiger partial charge in [0.1, 0.15) is 0 Å². The van der Waals surface area contributed by atoms with Crippen LogP contribution in [0.1, 0.15) is 12.8 Å². The van der Waals surface area contributed by atoms with Crippen LogP contribution in [0.2, 0.25) is 0 Å². The molecule has 0 bridgehead atoms. The minimum atomic E-state index is 0.430. The van der Waals surface area contributed by atoms with Crippen molar-refractivity contribution in [2.75, 3.05) is 6.61 Å². The van der Waals surface area contributed by atoms with Gasteiger partial charge < -0.3 is 4.74 Å². The number of nitrogens with zero attached hydrogens (tertiary/aromatic N) is 1. The van der Waals surface area contributed by atoms with E-state index in [0.717, 1.165) is 13.0 Å². The lowest BCUT2D eigenvalue weighted by atomic mass is 10.3. The van der Waals surface area contributed by atoms with Crippen LogP contribution in [0.4, 0.5) is 0 Å². The van der Waals surface area contributed by atoms with Crippen molar-refractivity contribution < 1.29 is 4.74 Å². The van der Waals surface area contributed by atoms with Gasteiger partial charge in [0.25, 0.3) is 0 Å². The molecular weight excluding hydrogens is 90.1 g/mol.